The number of aromatic carboxylic acids is 1. The number of nitrogens with zero attached hydrogens (tertiary/aromatic N) is 3. The van der Waals surface area contributed by atoms with Crippen LogP contribution in [0.2, 0.25) is 0 Å². The molecule has 0 radical (unpaired) electrons. The molecular weight excluding hydrogens is 184 g/mol. The van der Waals surface area contributed by atoms with E-state index in [0.717, 1.165) is 25.9 Å². The number of nitrogens with one attached hydrogen (secondary N) is 1. The van der Waals surface area contributed by atoms with Crippen molar-refractivity contribution in [2.75, 3.05) is 13.1 Å². The lowest BCUT2D eigenvalue weighted by Crippen LogP contribution is -2.33. The Kier molecular flexibility index (Phi) is 2.45. The largest absolute Gasteiger partial charge is 0.476 e. The van der Waals surface area contributed by atoms with Crippen molar-refractivity contribution in [3.63, 3.8) is 0 Å². The summed E-state index contributed by atoms with van der Waals surface area (Å²) in [4.78, 5) is 10.8. The predicted octanol–water partition coefficient (Wildman–Crippen LogP) is -0.0992. The van der Waals surface area contributed by atoms with Gasteiger partial charge in [0.15, 0.2) is 5.69 Å². The molecule has 1 aliphatic heterocycles. The average molecular weight is 196 g/mol. The molecule has 0 saturated carbocycles. The molecule has 0 aromatic carbocycles. The normalized spacial score (nSPS) is 22.1. The van der Waals surface area contributed by atoms with Crippen LogP contribution in [0.5, 0.6) is 0 Å². The van der Waals surface area contributed by atoms with E-state index in [4.69, 9.17) is 5.11 Å². The minimum atomic E-state index is -0.972. The van der Waals surface area contributed by atoms with Gasteiger partial charge in [-0.1, -0.05) is 5.21 Å². The van der Waals surface area contributed by atoms with Gasteiger partial charge in [0, 0.05) is 6.54 Å². The fraction of sp³-hybridized carbons (Fsp3) is 0.625. The minimum absolute atomic E-state index is 0.123. The molecule has 1 fully saturated rings. The van der Waals surface area contributed by atoms with Crippen molar-refractivity contribution in [3.05, 3.63) is 11.9 Å². The molecule has 2 rings (SSSR count). The standard InChI is InChI=1S/C8H12N4O2/c13-8(14)7-5-10-11-12(7)6-2-1-3-9-4-6/h5-6,9H,1-4H2,(H,13,14). The van der Waals surface area contributed by atoms with E-state index in [1.807, 2.05) is 0 Å². The summed E-state index contributed by atoms with van der Waals surface area (Å²) in [6, 6.07) is 0.123. The zero-order valence-electron chi connectivity index (χ0n) is 7.68. The van der Waals surface area contributed by atoms with Crippen LogP contribution in [0, 0.1) is 0 Å². The molecule has 2 N–H and O–H groups in total. The SMILES string of the molecule is O=C(O)c1cnnn1C1CCCNC1. The molecule has 1 unspecified atom stereocenters. The number of carboxylic acids is 1. The quantitative estimate of drug-likeness (QED) is 0.690. The third kappa shape index (κ3) is 1.60. The molecule has 2 heterocycles. The first-order valence-electron chi connectivity index (χ1n) is 4.63. The molecular formula is C8H12N4O2. The Bertz CT molecular complexity index is 330. The van der Waals surface area contributed by atoms with E-state index in [1.54, 1.807) is 0 Å². The lowest BCUT2D eigenvalue weighted by Gasteiger charge is -2.23. The molecule has 76 valence electrons. The van der Waals surface area contributed by atoms with Crippen molar-refractivity contribution in [1.29, 1.82) is 0 Å². The maximum atomic E-state index is 10.8. The molecule has 1 aromatic rings. The molecule has 6 heteroatoms. The Morgan fingerprint density at radius 1 is 1.71 bits per heavy atom. The van der Waals surface area contributed by atoms with E-state index in [0.29, 0.717) is 0 Å². The number of hydrogen-bond donors (Lipinski definition) is 2. The molecule has 1 aliphatic rings. The van der Waals surface area contributed by atoms with Crippen LogP contribution in [0.4, 0.5) is 0 Å². The second-order valence-corrected chi connectivity index (χ2v) is 3.37. The van der Waals surface area contributed by atoms with Crippen molar-refractivity contribution in [1.82, 2.24) is 20.3 Å². The first-order chi connectivity index (χ1) is 6.79. The van der Waals surface area contributed by atoms with Crippen LogP contribution in [0.1, 0.15) is 29.4 Å². The Morgan fingerprint density at radius 3 is 3.21 bits per heavy atom. The molecule has 0 aliphatic carbocycles. The summed E-state index contributed by atoms with van der Waals surface area (Å²) in [6.45, 7) is 1.76. The van der Waals surface area contributed by atoms with Gasteiger partial charge in [0.1, 0.15) is 0 Å². The monoisotopic (exact) mass is 196 g/mol. The first kappa shape index (κ1) is 9.14. The van der Waals surface area contributed by atoms with Gasteiger partial charge < -0.3 is 10.4 Å². The Hall–Kier alpha value is -1.43. The van der Waals surface area contributed by atoms with Gasteiger partial charge in [-0.2, -0.15) is 0 Å². The molecule has 14 heavy (non-hydrogen) atoms. The number of rotatable bonds is 2. The number of aromatic nitrogens is 3. The van der Waals surface area contributed by atoms with Gasteiger partial charge in [0.2, 0.25) is 0 Å². The molecule has 0 bridgehead atoms. The fourth-order valence-electron chi connectivity index (χ4n) is 1.71. The van der Waals surface area contributed by atoms with Crippen molar-refractivity contribution >= 4 is 5.97 Å². The summed E-state index contributed by atoms with van der Waals surface area (Å²) < 4.78 is 1.49. The van der Waals surface area contributed by atoms with Gasteiger partial charge >= 0.3 is 5.97 Å². The third-order valence-corrected chi connectivity index (χ3v) is 2.41. The summed E-state index contributed by atoms with van der Waals surface area (Å²) in [7, 11) is 0. The summed E-state index contributed by atoms with van der Waals surface area (Å²) in [5.74, 6) is -0.972. The Labute approximate surface area is 80.9 Å². The van der Waals surface area contributed by atoms with E-state index in [1.165, 1.54) is 10.9 Å². The van der Waals surface area contributed by atoms with Gasteiger partial charge in [0.05, 0.1) is 12.2 Å². The number of piperidine rings is 1. The van der Waals surface area contributed by atoms with Gasteiger partial charge in [-0.25, -0.2) is 9.48 Å². The summed E-state index contributed by atoms with van der Waals surface area (Å²) in [5, 5.41) is 19.5. The van der Waals surface area contributed by atoms with E-state index < -0.39 is 5.97 Å². The highest BCUT2D eigenvalue weighted by Crippen LogP contribution is 2.16. The average Bonchev–Trinajstić information content (AvgIpc) is 2.67. The van der Waals surface area contributed by atoms with E-state index >= 15 is 0 Å². The summed E-state index contributed by atoms with van der Waals surface area (Å²) in [6.07, 6.45) is 3.29. The van der Waals surface area contributed by atoms with Crippen molar-refractivity contribution in [2.45, 2.75) is 18.9 Å². The number of carbonyl (C=O) groups is 1. The maximum absolute atomic E-state index is 10.8. The highest BCUT2D eigenvalue weighted by Gasteiger charge is 2.21. The second kappa shape index (κ2) is 3.75. The lowest BCUT2D eigenvalue weighted by atomic mass is 10.1. The molecule has 6 nitrogen and oxygen atoms in total. The van der Waals surface area contributed by atoms with Crippen molar-refractivity contribution in [2.24, 2.45) is 0 Å². The zero-order chi connectivity index (χ0) is 9.97. The first-order valence-corrected chi connectivity index (χ1v) is 4.63. The molecule has 1 atom stereocenters. The van der Waals surface area contributed by atoms with Gasteiger partial charge in [0.25, 0.3) is 0 Å². The number of carboxylic acid groups (broad SMARTS) is 1. The van der Waals surface area contributed by atoms with E-state index in [-0.39, 0.29) is 11.7 Å². The molecule has 0 spiro atoms. The van der Waals surface area contributed by atoms with Crippen LogP contribution >= 0.6 is 0 Å². The van der Waals surface area contributed by atoms with Gasteiger partial charge in [-0.15, -0.1) is 5.10 Å². The molecule has 1 aromatic heterocycles. The predicted molar refractivity (Wildman–Crippen MR) is 48.1 cm³/mol. The highest BCUT2D eigenvalue weighted by molar-refractivity contribution is 5.85. The minimum Gasteiger partial charge on any atom is -0.476 e. The smallest absolute Gasteiger partial charge is 0.355 e. The van der Waals surface area contributed by atoms with Gasteiger partial charge in [-0.05, 0) is 19.4 Å². The van der Waals surface area contributed by atoms with Crippen LogP contribution in [0.25, 0.3) is 0 Å². The van der Waals surface area contributed by atoms with E-state index in [2.05, 4.69) is 15.6 Å². The van der Waals surface area contributed by atoms with Crippen LogP contribution in [0.15, 0.2) is 6.20 Å². The fourth-order valence-corrected chi connectivity index (χ4v) is 1.71. The maximum Gasteiger partial charge on any atom is 0.355 e. The molecule has 1 saturated heterocycles. The van der Waals surface area contributed by atoms with Crippen LogP contribution in [0.3, 0.4) is 0 Å². The Balaban J connectivity index is 2.21. The topological polar surface area (TPSA) is 80.0 Å². The number of hydrogen-bond acceptors (Lipinski definition) is 4. The zero-order valence-corrected chi connectivity index (χ0v) is 7.68. The third-order valence-electron chi connectivity index (χ3n) is 2.41. The lowest BCUT2D eigenvalue weighted by molar-refractivity contribution is 0.0678. The highest BCUT2D eigenvalue weighted by atomic mass is 16.4. The summed E-state index contributed by atoms with van der Waals surface area (Å²) >= 11 is 0. The second-order valence-electron chi connectivity index (χ2n) is 3.37. The van der Waals surface area contributed by atoms with Crippen LogP contribution < -0.4 is 5.32 Å². The Morgan fingerprint density at radius 2 is 2.57 bits per heavy atom. The summed E-state index contributed by atoms with van der Waals surface area (Å²) in [5.41, 5.74) is 0.165. The van der Waals surface area contributed by atoms with Gasteiger partial charge in [-0.3, -0.25) is 0 Å². The van der Waals surface area contributed by atoms with E-state index in [9.17, 15) is 4.79 Å². The van der Waals surface area contributed by atoms with Crippen molar-refractivity contribution in [3.8, 4) is 0 Å². The van der Waals surface area contributed by atoms with Crippen LogP contribution in [-0.4, -0.2) is 39.2 Å². The van der Waals surface area contributed by atoms with Crippen LogP contribution in [-0.2, 0) is 0 Å². The molecule has 0 amide bonds. The van der Waals surface area contributed by atoms with Crippen molar-refractivity contribution < 1.29 is 9.90 Å².